The van der Waals surface area contributed by atoms with Gasteiger partial charge < -0.3 is 0 Å². The Hall–Kier alpha value is -0.260. The van der Waals surface area contributed by atoms with Crippen molar-refractivity contribution in [1.82, 2.24) is 0 Å². The molecule has 2 aliphatic carbocycles. The van der Waals surface area contributed by atoms with Crippen molar-refractivity contribution in [2.75, 3.05) is 0 Å². The van der Waals surface area contributed by atoms with Crippen molar-refractivity contribution in [3.05, 3.63) is 11.1 Å². The molecule has 0 amide bonds. The van der Waals surface area contributed by atoms with Gasteiger partial charge in [0, 0.05) is 0 Å². The Morgan fingerprint density at radius 3 is 2.50 bits per heavy atom. The van der Waals surface area contributed by atoms with E-state index in [0.717, 1.165) is 5.92 Å². The topological polar surface area (TPSA) is 0 Å². The molecule has 1 fully saturated rings. The lowest BCUT2D eigenvalue weighted by atomic mass is 9.50. The third kappa shape index (κ3) is 1.65. The van der Waals surface area contributed by atoms with Crippen molar-refractivity contribution in [2.45, 2.75) is 73.1 Å². The van der Waals surface area contributed by atoms with E-state index in [2.05, 4.69) is 34.6 Å². The van der Waals surface area contributed by atoms with Gasteiger partial charge in [0.2, 0.25) is 0 Å². The van der Waals surface area contributed by atoms with Crippen LogP contribution in [0.15, 0.2) is 11.1 Å². The smallest absolute Gasteiger partial charge is 0.00805 e. The SMILES string of the molecule is CCC1=C(C)CCC2C(C)(C)CCC[C@@]12C. The first kappa shape index (κ1) is 12.2. The molecule has 0 nitrogen and oxygen atoms in total. The molecule has 0 aromatic carbocycles. The molecule has 0 heteroatoms. The third-order valence-electron chi connectivity index (χ3n) is 5.60. The molecule has 0 saturated heterocycles. The van der Waals surface area contributed by atoms with E-state index in [0.29, 0.717) is 10.8 Å². The van der Waals surface area contributed by atoms with Gasteiger partial charge >= 0.3 is 0 Å². The molecule has 1 saturated carbocycles. The summed E-state index contributed by atoms with van der Waals surface area (Å²) < 4.78 is 0. The third-order valence-corrected chi connectivity index (χ3v) is 5.60. The fraction of sp³-hybridized carbons (Fsp3) is 0.875. The summed E-state index contributed by atoms with van der Waals surface area (Å²) in [6.07, 6.45) is 8.35. The molecule has 2 rings (SSSR count). The molecule has 2 atom stereocenters. The monoisotopic (exact) mass is 220 g/mol. The van der Waals surface area contributed by atoms with E-state index in [1.165, 1.54) is 38.5 Å². The molecule has 0 aromatic rings. The quantitative estimate of drug-likeness (QED) is 0.523. The summed E-state index contributed by atoms with van der Waals surface area (Å²) >= 11 is 0. The predicted octanol–water partition coefficient (Wildman–Crippen LogP) is 5.34. The van der Waals surface area contributed by atoms with Crippen molar-refractivity contribution in [1.29, 1.82) is 0 Å². The normalized spacial score (nSPS) is 38.4. The molecule has 0 N–H and O–H groups in total. The van der Waals surface area contributed by atoms with Gasteiger partial charge in [-0.1, -0.05) is 45.3 Å². The summed E-state index contributed by atoms with van der Waals surface area (Å²) in [5, 5.41) is 0. The highest BCUT2D eigenvalue weighted by Gasteiger charge is 2.49. The minimum absolute atomic E-state index is 0.527. The van der Waals surface area contributed by atoms with Crippen LogP contribution in [-0.2, 0) is 0 Å². The molecule has 2 aliphatic rings. The van der Waals surface area contributed by atoms with Crippen LogP contribution in [0.3, 0.4) is 0 Å². The summed E-state index contributed by atoms with van der Waals surface area (Å²) in [6.45, 7) is 12.3. The highest BCUT2D eigenvalue weighted by atomic mass is 14.5. The molecular formula is C16H28. The number of fused-ring (bicyclic) bond motifs is 1. The van der Waals surface area contributed by atoms with Gasteiger partial charge in [0.25, 0.3) is 0 Å². The summed E-state index contributed by atoms with van der Waals surface area (Å²) in [5.74, 6) is 0.924. The number of rotatable bonds is 1. The van der Waals surface area contributed by atoms with Crippen molar-refractivity contribution in [3.8, 4) is 0 Å². The van der Waals surface area contributed by atoms with Gasteiger partial charge in [0.1, 0.15) is 0 Å². The van der Waals surface area contributed by atoms with Crippen LogP contribution in [0.2, 0.25) is 0 Å². The molecule has 0 aliphatic heterocycles. The van der Waals surface area contributed by atoms with E-state index in [1.807, 2.05) is 0 Å². The second kappa shape index (κ2) is 3.89. The Morgan fingerprint density at radius 1 is 1.19 bits per heavy atom. The maximum absolute atomic E-state index is 2.56. The van der Waals surface area contributed by atoms with Crippen molar-refractivity contribution >= 4 is 0 Å². The van der Waals surface area contributed by atoms with Crippen molar-refractivity contribution in [3.63, 3.8) is 0 Å². The highest BCUT2D eigenvalue weighted by Crippen LogP contribution is 2.59. The van der Waals surface area contributed by atoms with E-state index in [1.54, 1.807) is 11.1 Å². The van der Waals surface area contributed by atoms with E-state index >= 15 is 0 Å². The minimum Gasteiger partial charge on any atom is -0.0736 e. The first-order chi connectivity index (χ1) is 7.42. The maximum atomic E-state index is 2.56. The Labute approximate surface area is 102 Å². The van der Waals surface area contributed by atoms with Gasteiger partial charge in [-0.15, -0.1) is 0 Å². The van der Waals surface area contributed by atoms with Crippen LogP contribution in [-0.4, -0.2) is 0 Å². The van der Waals surface area contributed by atoms with E-state index < -0.39 is 0 Å². The molecule has 1 unspecified atom stereocenters. The fourth-order valence-electron chi connectivity index (χ4n) is 4.90. The van der Waals surface area contributed by atoms with E-state index in [4.69, 9.17) is 0 Å². The maximum Gasteiger partial charge on any atom is -0.00805 e. The van der Waals surface area contributed by atoms with Gasteiger partial charge in [-0.3, -0.25) is 0 Å². The van der Waals surface area contributed by atoms with Crippen molar-refractivity contribution in [2.24, 2.45) is 16.7 Å². The van der Waals surface area contributed by atoms with Gasteiger partial charge in [0.15, 0.2) is 0 Å². The van der Waals surface area contributed by atoms with E-state index in [9.17, 15) is 0 Å². The second-order valence-corrected chi connectivity index (χ2v) is 6.96. The average Bonchev–Trinajstić information content (AvgIpc) is 2.15. The first-order valence-electron chi connectivity index (χ1n) is 7.11. The molecular weight excluding hydrogens is 192 g/mol. The van der Waals surface area contributed by atoms with Crippen LogP contribution in [0.4, 0.5) is 0 Å². The minimum atomic E-state index is 0.527. The molecule has 0 aromatic heterocycles. The zero-order valence-corrected chi connectivity index (χ0v) is 11.8. The molecule has 0 spiro atoms. The van der Waals surface area contributed by atoms with E-state index in [-0.39, 0.29) is 0 Å². The molecule has 92 valence electrons. The lowest BCUT2D eigenvalue weighted by Crippen LogP contribution is -2.45. The zero-order chi connectivity index (χ0) is 12.0. The van der Waals surface area contributed by atoms with Crippen LogP contribution in [0, 0.1) is 16.7 Å². The predicted molar refractivity (Wildman–Crippen MR) is 71.5 cm³/mol. The Morgan fingerprint density at radius 2 is 1.88 bits per heavy atom. The first-order valence-corrected chi connectivity index (χ1v) is 7.11. The average molecular weight is 220 g/mol. The van der Waals surface area contributed by atoms with Crippen molar-refractivity contribution < 1.29 is 0 Å². The zero-order valence-electron chi connectivity index (χ0n) is 11.8. The number of allylic oxidation sites excluding steroid dienone is 2. The second-order valence-electron chi connectivity index (χ2n) is 6.96. The van der Waals surface area contributed by atoms with Gasteiger partial charge in [0.05, 0.1) is 0 Å². The largest absolute Gasteiger partial charge is 0.0736 e. The highest BCUT2D eigenvalue weighted by molar-refractivity contribution is 5.26. The number of hydrogen-bond acceptors (Lipinski definition) is 0. The lowest BCUT2D eigenvalue weighted by Gasteiger charge is -2.55. The molecule has 0 radical (unpaired) electrons. The molecule has 16 heavy (non-hydrogen) atoms. The Kier molecular flexibility index (Phi) is 2.97. The van der Waals surface area contributed by atoms with Crippen LogP contribution < -0.4 is 0 Å². The van der Waals surface area contributed by atoms with Crippen LogP contribution >= 0.6 is 0 Å². The summed E-state index contributed by atoms with van der Waals surface area (Å²) in [5.41, 5.74) is 4.60. The fourth-order valence-corrected chi connectivity index (χ4v) is 4.90. The Bertz CT molecular complexity index is 308. The summed E-state index contributed by atoms with van der Waals surface area (Å²) in [7, 11) is 0. The van der Waals surface area contributed by atoms with Crippen LogP contribution in [0.1, 0.15) is 73.1 Å². The van der Waals surface area contributed by atoms with Gasteiger partial charge in [-0.2, -0.15) is 0 Å². The molecule has 0 heterocycles. The Balaban J connectivity index is 2.42. The van der Waals surface area contributed by atoms with Gasteiger partial charge in [-0.05, 0) is 55.8 Å². The van der Waals surface area contributed by atoms with Crippen LogP contribution in [0.5, 0.6) is 0 Å². The number of hydrogen-bond donors (Lipinski definition) is 0. The van der Waals surface area contributed by atoms with Crippen LogP contribution in [0.25, 0.3) is 0 Å². The molecule has 0 bridgehead atoms. The standard InChI is InChI=1S/C16H28/c1-6-13-12(2)8-9-14-15(3,4)10-7-11-16(13,14)5/h14H,6-11H2,1-5H3/t14?,16-/m0/s1. The lowest BCUT2D eigenvalue weighted by molar-refractivity contribution is 0.0109. The summed E-state index contributed by atoms with van der Waals surface area (Å²) in [6, 6.07) is 0. The summed E-state index contributed by atoms with van der Waals surface area (Å²) in [4.78, 5) is 0. The van der Waals surface area contributed by atoms with Gasteiger partial charge in [-0.25, -0.2) is 0 Å².